The van der Waals surface area contributed by atoms with Crippen LogP contribution in [0.2, 0.25) is 5.02 Å². The van der Waals surface area contributed by atoms with Gasteiger partial charge in [0.15, 0.2) is 0 Å². The fourth-order valence-corrected chi connectivity index (χ4v) is 3.78. The van der Waals surface area contributed by atoms with Gasteiger partial charge in [-0.3, -0.25) is 4.79 Å². The van der Waals surface area contributed by atoms with E-state index in [0.29, 0.717) is 5.02 Å². The molecule has 0 saturated carbocycles. The van der Waals surface area contributed by atoms with Crippen LogP contribution < -0.4 is 0 Å². The van der Waals surface area contributed by atoms with Crippen molar-refractivity contribution < 1.29 is 18.7 Å². The first kappa shape index (κ1) is 23.0. The van der Waals surface area contributed by atoms with E-state index < -0.39 is 0 Å². The van der Waals surface area contributed by atoms with Gasteiger partial charge in [0, 0.05) is 12.1 Å². The molecule has 31 heavy (non-hydrogen) atoms. The van der Waals surface area contributed by atoms with Gasteiger partial charge in [0.1, 0.15) is 18.5 Å². The largest absolute Gasteiger partial charge is 0.460 e. The molecule has 0 aliphatic carbocycles. The summed E-state index contributed by atoms with van der Waals surface area (Å²) in [6, 6.07) is 21.2. The van der Waals surface area contributed by atoms with Crippen LogP contribution in [0.15, 0.2) is 72.8 Å². The summed E-state index contributed by atoms with van der Waals surface area (Å²) in [5, 5.41) is 0.630. The Balaban J connectivity index is 1.73. The van der Waals surface area contributed by atoms with Crippen molar-refractivity contribution in [3.8, 4) is 0 Å². The molecule has 0 radical (unpaired) electrons. The smallest absolute Gasteiger partial charge is 0.314 e. The number of hydrogen-bond donors (Lipinski definition) is 0. The van der Waals surface area contributed by atoms with Crippen LogP contribution in [-0.2, 0) is 20.9 Å². The average Bonchev–Trinajstić information content (AvgIpc) is 2.76. The maximum atomic E-state index is 13.3. The number of benzene rings is 3. The van der Waals surface area contributed by atoms with Crippen molar-refractivity contribution >= 4 is 17.6 Å². The van der Waals surface area contributed by atoms with Crippen molar-refractivity contribution in [1.29, 1.82) is 0 Å². The molecule has 2 unspecified atom stereocenters. The molecule has 3 rings (SSSR count). The summed E-state index contributed by atoms with van der Waals surface area (Å²) in [7, 11) is 1.61. The van der Waals surface area contributed by atoms with Crippen molar-refractivity contribution in [2.24, 2.45) is 5.92 Å². The second-order valence-electron chi connectivity index (χ2n) is 7.79. The molecule has 0 aliphatic heterocycles. The lowest BCUT2D eigenvalue weighted by Crippen LogP contribution is -2.21. The highest BCUT2D eigenvalue weighted by atomic mass is 35.5. The Morgan fingerprint density at radius 3 is 2.19 bits per heavy atom. The third kappa shape index (κ3) is 5.93. The molecule has 2 atom stereocenters. The summed E-state index contributed by atoms with van der Waals surface area (Å²) in [6.45, 7) is 4.14. The van der Waals surface area contributed by atoms with E-state index in [9.17, 15) is 9.18 Å². The molecule has 3 aromatic rings. The molecule has 0 heterocycles. The summed E-state index contributed by atoms with van der Waals surface area (Å²) in [4.78, 5) is 12.9. The van der Waals surface area contributed by atoms with Crippen LogP contribution in [-0.4, -0.2) is 13.1 Å². The van der Waals surface area contributed by atoms with Crippen LogP contribution >= 0.6 is 11.6 Å². The van der Waals surface area contributed by atoms with E-state index >= 15 is 0 Å². The summed E-state index contributed by atoms with van der Waals surface area (Å²) in [6.07, 6.45) is -0.339. The number of halogens is 2. The van der Waals surface area contributed by atoms with Gasteiger partial charge in [-0.15, -0.1) is 0 Å². The minimum atomic E-state index is -0.369. The first-order valence-corrected chi connectivity index (χ1v) is 10.6. The van der Waals surface area contributed by atoms with Gasteiger partial charge in [-0.05, 0) is 58.5 Å². The lowest BCUT2D eigenvalue weighted by molar-refractivity contribution is -0.148. The third-order valence-corrected chi connectivity index (χ3v) is 5.45. The van der Waals surface area contributed by atoms with Gasteiger partial charge in [0.2, 0.25) is 0 Å². The number of carbonyl (C=O) groups is 1. The third-order valence-electron chi connectivity index (χ3n) is 5.19. The highest BCUT2D eigenvalue weighted by Crippen LogP contribution is 2.29. The molecular formula is C26H26ClFO3. The van der Waals surface area contributed by atoms with Crippen LogP contribution in [0.4, 0.5) is 4.39 Å². The zero-order valence-corrected chi connectivity index (χ0v) is 18.6. The average molecular weight is 441 g/mol. The number of methoxy groups -OCH3 is 1. The Bertz CT molecular complexity index is 1000. The zero-order chi connectivity index (χ0) is 22.4. The summed E-state index contributed by atoms with van der Waals surface area (Å²) in [5.74, 6) is -0.855. The fourth-order valence-electron chi connectivity index (χ4n) is 3.66. The normalized spacial score (nSPS) is 13.1. The van der Waals surface area contributed by atoms with Crippen LogP contribution in [0.3, 0.4) is 0 Å². The molecule has 0 saturated heterocycles. The highest BCUT2D eigenvalue weighted by Gasteiger charge is 2.26. The van der Waals surface area contributed by atoms with E-state index in [0.717, 1.165) is 22.3 Å². The number of carbonyl (C=O) groups excluding carboxylic acids is 1. The molecule has 0 spiro atoms. The van der Waals surface area contributed by atoms with Crippen molar-refractivity contribution in [2.45, 2.75) is 32.5 Å². The number of ether oxygens (including phenoxy) is 2. The summed E-state index contributed by atoms with van der Waals surface area (Å²) in [5.41, 5.74) is 3.49. The molecule has 0 bridgehead atoms. The molecule has 0 amide bonds. The van der Waals surface area contributed by atoms with Crippen LogP contribution in [0.1, 0.15) is 48.1 Å². The van der Waals surface area contributed by atoms with E-state index in [-0.39, 0.29) is 36.3 Å². The molecule has 3 aromatic carbocycles. The van der Waals surface area contributed by atoms with Crippen molar-refractivity contribution in [2.75, 3.05) is 7.11 Å². The van der Waals surface area contributed by atoms with Crippen molar-refractivity contribution in [3.05, 3.63) is 106 Å². The van der Waals surface area contributed by atoms with Crippen LogP contribution in [0.25, 0.3) is 0 Å². The monoisotopic (exact) mass is 440 g/mol. The van der Waals surface area contributed by atoms with E-state index in [1.165, 1.54) is 12.1 Å². The topological polar surface area (TPSA) is 35.5 Å². The predicted octanol–water partition coefficient (Wildman–Crippen LogP) is 6.70. The highest BCUT2D eigenvalue weighted by molar-refractivity contribution is 6.30. The van der Waals surface area contributed by atoms with Gasteiger partial charge in [-0.2, -0.15) is 0 Å². The maximum Gasteiger partial charge on any atom is 0.314 e. The molecule has 5 heteroatoms. The van der Waals surface area contributed by atoms with Gasteiger partial charge < -0.3 is 9.47 Å². The van der Waals surface area contributed by atoms with Gasteiger partial charge in [-0.25, -0.2) is 4.39 Å². The van der Waals surface area contributed by atoms with Gasteiger partial charge in [0.25, 0.3) is 0 Å². The second-order valence-corrected chi connectivity index (χ2v) is 8.23. The first-order valence-electron chi connectivity index (χ1n) is 10.2. The fraction of sp³-hybridized carbons (Fsp3) is 0.269. The molecular weight excluding hydrogens is 415 g/mol. The Labute approximate surface area is 187 Å². The van der Waals surface area contributed by atoms with Gasteiger partial charge >= 0.3 is 5.97 Å². The van der Waals surface area contributed by atoms with E-state index in [2.05, 4.69) is 0 Å². The molecule has 162 valence electrons. The Kier molecular flexibility index (Phi) is 7.83. The quantitative estimate of drug-likeness (QED) is 0.366. The molecule has 0 aromatic heterocycles. The Morgan fingerprint density at radius 1 is 0.935 bits per heavy atom. The first-order chi connectivity index (χ1) is 14.9. The Hall–Kier alpha value is -2.69. The lowest BCUT2D eigenvalue weighted by Gasteiger charge is -2.20. The van der Waals surface area contributed by atoms with Gasteiger partial charge in [-0.1, -0.05) is 67.9 Å². The number of hydrogen-bond acceptors (Lipinski definition) is 3. The van der Waals surface area contributed by atoms with E-state index in [1.54, 1.807) is 31.4 Å². The van der Waals surface area contributed by atoms with E-state index in [4.69, 9.17) is 21.1 Å². The predicted molar refractivity (Wildman–Crippen MR) is 121 cm³/mol. The van der Waals surface area contributed by atoms with E-state index in [1.807, 2.05) is 50.2 Å². The summed E-state index contributed by atoms with van der Waals surface area (Å²) >= 11 is 5.98. The molecule has 3 nitrogen and oxygen atoms in total. The molecule has 0 aliphatic rings. The standard InChI is InChI=1S/C26H26ClFO3/c1-17(2)24(19-7-11-22(27)12-8-19)26(29)31-16-18-5-4-6-21(15-18)25(30-3)20-9-13-23(28)14-10-20/h4-15,17,24-25H,16H2,1-3H3. The van der Waals surface area contributed by atoms with Gasteiger partial charge in [0.05, 0.1) is 5.92 Å². The zero-order valence-electron chi connectivity index (χ0n) is 17.8. The number of rotatable bonds is 8. The molecule has 0 N–H and O–H groups in total. The maximum absolute atomic E-state index is 13.3. The van der Waals surface area contributed by atoms with Crippen molar-refractivity contribution in [3.63, 3.8) is 0 Å². The lowest BCUT2D eigenvalue weighted by atomic mass is 9.88. The SMILES string of the molecule is COC(c1ccc(F)cc1)c1cccc(COC(=O)C(c2ccc(Cl)cc2)C(C)C)c1. The minimum absolute atomic E-state index is 0.0800. The van der Waals surface area contributed by atoms with Crippen LogP contribution in [0, 0.1) is 11.7 Å². The summed E-state index contributed by atoms with van der Waals surface area (Å²) < 4.78 is 24.6. The van der Waals surface area contributed by atoms with Crippen molar-refractivity contribution in [1.82, 2.24) is 0 Å². The Morgan fingerprint density at radius 2 is 1.58 bits per heavy atom. The molecule has 0 fully saturated rings. The van der Waals surface area contributed by atoms with Crippen LogP contribution in [0.5, 0.6) is 0 Å². The second kappa shape index (κ2) is 10.6. The minimum Gasteiger partial charge on any atom is -0.460 e. The number of esters is 1.